The standard InChI is InChI=1S/C12H7NO4/c14-11-7-3-5-17-9-2-1-4-13(10(7)9)6-8(11)12(15)16/h1-6H,(H,15,16). The molecule has 0 saturated heterocycles. The van der Waals surface area contributed by atoms with Gasteiger partial charge in [0.1, 0.15) is 5.56 Å². The Morgan fingerprint density at radius 1 is 1.41 bits per heavy atom. The van der Waals surface area contributed by atoms with Crippen molar-refractivity contribution in [2.75, 3.05) is 0 Å². The molecule has 2 aromatic rings. The molecule has 0 spiro atoms. The molecule has 1 aliphatic heterocycles. The summed E-state index contributed by atoms with van der Waals surface area (Å²) in [5.74, 6) is -0.690. The van der Waals surface area contributed by atoms with E-state index in [1.165, 1.54) is 18.5 Å². The molecule has 0 bridgehead atoms. The summed E-state index contributed by atoms with van der Waals surface area (Å²) in [7, 11) is 0. The van der Waals surface area contributed by atoms with Gasteiger partial charge in [-0.1, -0.05) is 0 Å². The highest BCUT2D eigenvalue weighted by molar-refractivity contribution is 5.90. The van der Waals surface area contributed by atoms with E-state index in [4.69, 9.17) is 9.84 Å². The van der Waals surface area contributed by atoms with Gasteiger partial charge in [0, 0.05) is 12.4 Å². The fourth-order valence-electron chi connectivity index (χ4n) is 1.91. The lowest BCUT2D eigenvalue weighted by Crippen LogP contribution is -2.20. The molecule has 0 unspecified atom stereocenters. The second-order valence-electron chi connectivity index (χ2n) is 3.64. The molecule has 0 atom stereocenters. The number of carboxylic acids is 1. The summed E-state index contributed by atoms with van der Waals surface area (Å²) in [6, 6.07) is 3.45. The summed E-state index contributed by atoms with van der Waals surface area (Å²) in [6.45, 7) is 0. The number of carbonyl (C=O) groups is 1. The molecular formula is C12H7NO4. The summed E-state index contributed by atoms with van der Waals surface area (Å²) in [5.41, 5.74) is 0.183. The van der Waals surface area contributed by atoms with Gasteiger partial charge in [-0.3, -0.25) is 4.79 Å². The quantitative estimate of drug-likeness (QED) is 0.801. The van der Waals surface area contributed by atoms with E-state index in [9.17, 15) is 9.59 Å². The van der Waals surface area contributed by atoms with E-state index in [2.05, 4.69) is 0 Å². The highest BCUT2D eigenvalue weighted by Gasteiger charge is 2.18. The van der Waals surface area contributed by atoms with Gasteiger partial charge >= 0.3 is 5.97 Å². The van der Waals surface area contributed by atoms with Crippen LogP contribution in [-0.2, 0) is 0 Å². The van der Waals surface area contributed by atoms with Crippen LogP contribution in [0, 0.1) is 0 Å². The Kier molecular flexibility index (Phi) is 1.82. The zero-order valence-electron chi connectivity index (χ0n) is 8.58. The lowest BCUT2D eigenvalue weighted by Gasteiger charge is -2.13. The maximum Gasteiger partial charge on any atom is 0.341 e. The van der Waals surface area contributed by atoms with Crippen LogP contribution in [0.4, 0.5) is 0 Å². The molecule has 0 amide bonds. The van der Waals surface area contributed by atoms with Crippen LogP contribution in [0.1, 0.15) is 15.9 Å². The van der Waals surface area contributed by atoms with Crippen molar-refractivity contribution in [3.8, 4) is 5.75 Å². The lowest BCUT2D eigenvalue weighted by molar-refractivity contribution is 0.0695. The van der Waals surface area contributed by atoms with Crippen molar-refractivity contribution in [1.29, 1.82) is 0 Å². The molecule has 2 aromatic heterocycles. The molecule has 17 heavy (non-hydrogen) atoms. The Hall–Kier alpha value is -2.56. The van der Waals surface area contributed by atoms with Crippen molar-refractivity contribution < 1.29 is 14.6 Å². The highest BCUT2D eigenvalue weighted by atomic mass is 16.5. The Morgan fingerprint density at radius 2 is 2.24 bits per heavy atom. The van der Waals surface area contributed by atoms with E-state index in [1.807, 2.05) is 0 Å². The van der Waals surface area contributed by atoms with Crippen LogP contribution in [0.15, 0.2) is 35.6 Å². The number of nitrogens with zero attached hydrogens (tertiary/aromatic N) is 1. The molecule has 0 saturated carbocycles. The molecule has 1 aliphatic rings. The first-order chi connectivity index (χ1) is 8.18. The predicted molar refractivity (Wildman–Crippen MR) is 60.3 cm³/mol. The van der Waals surface area contributed by atoms with Gasteiger partial charge in [-0.2, -0.15) is 0 Å². The average molecular weight is 229 g/mol. The van der Waals surface area contributed by atoms with Crippen molar-refractivity contribution in [1.82, 2.24) is 4.40 Å². The van der Waals surface area contributed by atoms with Crippen LogP contribution in [0.2, 0.25) is 0 Å². The molecule has 3 heterocycles. The number of carboxylic acid groups (broad SMARTS) is 1. The van der Waals surface area contributed by atoms with Crippen LogP contribution in [-0.4, -0.2) is 15.5 Å². The summed E-state index contributed by atoms with van der Waals surface area (Å²) in [6.07, 6.45) is 5.84. The monoisotopic (exact) mass is 229 g/mol. The van der Waals surface area contributed by atoms with E-state index in [-0.39, 0.29) is 5.56 Å². The lowest BCUT2D eigenvalue weighted by atomic mass is 10.1. The molecule has 84 valence electrons. The van der Waals surface area contributed by atoms with Gasteiger partial charge in [0.25, 0.3) is 0 Å². The third-order valence-corrected chi connectivity index (χ3v) is 2.66. The smallest absolute Gasteiger partial charge is 0.341 e. The molecule has 3 rings (SSSR count). The molecule has 0 aromatic carbocycles. The second-order valence-corrected chi connectivity index (χ2v) is 3.64. The minimum atomic E-state index is -1.23. The summed E-state index contributed by atoms with van der Waals surface area (Å²) >= 11 is 0. The van der Waals surface area contributed by atoms with Crippen LogP contribution >= 0.6 is 0 Å². The van der Waals surface area contributed by atoms with Crippen LogP contribution in [0.5, 0.6) is 5.75 Å². The number of pyridine rings is 2. The average Bonchev–Trinajstić information content (AvgIpc) is 2.33. The molecule has 5 heteroatoms. The first-order valence-corrected chi connectivity index (χ1v) is 4.93. The normalized spacial score (nSPS) is 12.5. The zero-order valence-corrected chi connectivity index (χ0v) is 8.58. The molecule has 0 fully saturated rings. The van der Waals surface area contributed by atoms with Crippen LogP contribution in [0.3, 0.4) is 0 Å². The summed E-state index contributed by atoms with van der Waals surface area (Å²) < 4.78 is 6.85. The Morgan fingerprint density at radius 3 is 3.00 bits per heavy atom. The zero-order chi connectivity index (χ0) is 12.0. The molecular weight excluding hydrogens is 222 g/mol. The number of hydrogen-bond acceptors (Lipinski definition) is 3. The van der Waals surface area contributed by atoms with E-state index in [0.29, 0.717) is 16.8 Å². The number of aromatic nitrogens is 1. The van der Waals surface area contributed by atoms with Gasteiger partial charge < -0.3 is 14.2 Å². The van der Waals surface area contributed by atoms with E-state index in [1.54, 1.807) is 22.7 Å². The predicted octanol–water partition coefficient (Wildman–Crippen LogP) is 1.36. The summed E-state index contributed by atoms with van der Waals surface area (Å²) in [4.78, 5) is 22.9. The molecule has 0 radical (unpaired) electrons. The van der Waals surface area contributed by atoms with Crippen molar-refractivity contribution in [3.05, 3.63) is 52.1 Å². The fourth-order valence-corrected chi connectivity index (χ4v) is 1.91. The number of ether oxygens (including phenoxy) is 1. The van der Waals surface area contributed by atoms with Crippen LogP contribution < -0.4 is 10.2 Å². The molecule has 0 aliphatic carbocycles. The topological polar surface area (TPSA) is 68.0 Å². The minimum absolute atomic E-state index is 0.249. The van der Waals surface area contributed by atoms with Gasteiger partial charge in [-0.15, -0.1) is 0 Å². The maximum atomic E-state index is 11.9. The van der Waals surface area contributed by atoms with E-state index in [0.717, 1.165) is 0 Å². The third-order valence-electron chi connectivity index (χ3n) is 2.66. The van der Waals surface area contributed by atoms with Crippen LogP contribution in [0.25, 0.3) is 11.6 Å². The van der Waals surface area contributed by atoms with E-state index >= 15 is 0 Å². The van der Waals surface area contributed by atoms with Gasteiger partial charge in [0.2, 0.25) is 5.43 Å². The minimum Gasteiger partial charge on any atom is -0.477 e. The van der Waals surface area contributed by atoms with Gasteiger partial charge in [0.05, 0.1) is 17.3 Å². The third kappa shape index (κ3) is 1.25. The number of aromatic carboxylic acids is 1. The number of rotatable bonds is 1. The Labute approximate surface area is 95.2 Å². The van der Waals surface area contributed by atoms with Crippen molar-refractivity contribution in [3.63, 3.8) is 0 Å². The van der Waals surface area contributed by atoms with Gasteiger partial charge in [-0.05, 0) is 18.2 Å². The van der Waals surface area contributed by atoms with Gasteiger partial charge in [0.15, 0.2) is 5.75 Å². The Balaban J connectivity index is 2.55. The largest absolute Gasteiger partial charge is 0.477 e. The maximum absolute atomic E-state index is 11.9. The molecule has 1 N–H and O–H groups in total. The highest BCUT2D eigenvalue weighted by Crippen LogP contribution is 2.26. The second kappa shape index (κ2) is 3.21. The first kappa shape index (κ1) is 9.65. The fraction of sp³-hybridized carbons (Fsp3) is 0. The number of hydrogen-bond donors (Lipinski definition) is 1. The Bertz CT molecular complexity index is 727. The molecule has 5 nitrogen and oxygen atoms in total. The van der Waals surface area contributed by atoms with Gasteiger partial charge in [-0.25, -0.2) is 4.79 Å². The van der Waals surface area contributed by atoms with E-state index < -0.39 is 11.4 Å². The first-order valence-electron chi connectivity index (χ1n) is 4.93. The SMILES string of the molecule is O=C(O)c1cn2cccc3c2c(c1=O)C=CO3. The summed E-state index contributed by atoms with van der Waals surface area (Å²) in [5, 5.41) is 8.96. The van der Waals surface area contributed by atoms with Crippen molar-refractivity contribution in [2.24, 2.45) is 0 Å². The van der Waals surface area contributed by atoms with Crippen molar-refractivity contribution >= 4 is 17.6 Å². The van der Waals surface area contributed by atoms with Crippen molar-refractivity contribution in [2.45, 2.75) is 0 Å².